The fourth-order valence-corrected chi connectivity index (χ4v) is 4.52. The molecular formula is C16H31NO. The lowest BCUT2D eigenvalue weighted by molar-refractivity contribution is -0.169. The summed E-state index contributed by atoms with van der Waals surface area (Å²) in [6.45, 7) is 7.54. The van der Waals surface area contributed by atoms with E-state index in [1.165, 1.54) is 25.7 Å². The van der Waals surface area contributed by atoms with Gasteiger partial charge in [0.15, 0.2) is 0 Å². The second-order valence-electron chi connectivity index (χ2n) is 7.25. The minimum absolute atomic E-state index is 0.00634. The van der Waals surface area contributed by atoms with Gasteiger partial charge >= 0.3 is 0 Å². The van der Waals surface area contributed by atoms with E-state index in [9.17, 15) is 5.11 Å². The first kappa shape index (κ1) is 14.3. The van der Waals surface area contributed by atoms with Gasteiger partial charge in [0.1, 0.15) is 0 Å². The maximum atomic E-state index is 11.4. The van der Waals surface area contributed by atoms with E-state index in [0.717, 1.165) is 25.2 Å². The minimum Gasteiger partial charge on any atom is -0.389 e. The molecule has 106 valence electrons. The molecule has 0 amide bonds. The summed E-state index contributed by atoms with van der Waals surface area (Å²) in [5.74, 6) is 1.83. The Hall–Kier alpha value is -0.0800. The average molecular weight is 253 g/mol. The highest BCUT2D eigenvalue weighted by Gasteiger charge is 2.55. The van der Waals surface area contributed by atoms with E-state index in [1.54, 1.807) is 0 Å². The van der Waals surface area contributed by atoms with Gasteiger partial charge in [0.05, 0.1) is 5.60 Å². The molecule has 2 heteroatoms. The van der Waals surface area contributed by atoms with Crippen molar-refractivity contribution in [3.05, 3.63) is 0 Å². The van der Waals surface area contributed by atoms with Crippen molar-refractivity contribution in [2.45, 2.75) is 71.3 Å². The third kappa shape index (κ3) is 2.12. The van der Waals surface area contributed by atoms with E-state index in [4.69, 9.17) is 5.73 Å². The Balaban J connectivity index is 2.24. The van der Waals surface area contributed by atoms with Gasteiger partial charge in [0.2, 0.25) is 0 Å². The van der Waals surface area contributed by atoms with Crippen molar-refractivity contribution >= 4 is 0 Å². The van der Waals surface area contributed by atoms with Crippen molar-refractivity contribution in [2.75, 3.05) is 6.54 Å². The fourth-order valence-electron chi connectivity index (χ4n) is 4.52. The summed E-state index contributed by atoms with van der Waals surface area (Å²) in [6.07, 6.45) is 8.11. The molecule has 2 aliphatic rings. The maximum absolute atomic E-state index is 11.4. The highest BCUT2D eigenvalue weighted by molar-refractivity contribution is 5.06. The number of aliphatic hydroxyl groups is 1. The number of hydrogen-bond donors (Lipinski definition) is 2. The number of rotatable bonds is 2. The van der Waals surface area contributed by atoms with Crippen LogP contribution in [0.3, 0.4) is 0 Å². The molecule has 0 aromatic rings. The predicted octanol–water partition coefficient (Wildman–Crippen LogP) is 3.33. The van der Waals surface area contributed by atoms with Gasteiger partial charge in [-0.15, -0.1) is 0 Å². The molecule has 2 rings (SSSR count). The molecule has 0 saturated heterocycles. The first-order chi connectivity index (χ1) is 8.45. The van der Waals surface area contributed by atoms with Gasteiger partial charge in [0, 0.05) is 12.0 Å². The van der Waals surface area contributed by atoms with Crippen LogP contribution >= 0.6 is 0 Å². The molecule has 0 spiro atoms. The zero-order chi connectivity index (χ0) is 13.4. The average Bonchev–Trinajstić information content (AvgIpc) is 2.37. The summed E-state index contributed by atoms with van der Waals surface area (Å²) in [5, 5.41) is 11.4. The molecule has 3 unspecified atom stereocenters. The molecule has 0 aromatic carbocycles. The molecule has 3 atom stereocenters. The second kappa shape index (κ2) is 5.13. The topological polar surface area (TPSA) is 46.2 Å². The Morgan fingerprint density at radius 3 is 2.22 bits per heavy atom. The lowest BCUT2D eigenvalue weighted by atomic mass is 9.53. The van der Waals surface area contributed by atoms with Gasteiger partial charge in [-0.3, -0.25) is 0 Å². The van der Waals surface area contributed by atoms with Crippen LogP contribution in [0.4, 0.5) is 0 Å². The standard InChI is InChI=1S/C16H31NO/c1-12-6-9-15(11-17,10-7-12)16(18)8-4-5-13(2)14(16)3/h12-14,18H,4-11,17H2,1-3H3. The van der Waals surface area contributed by atoms with Crippen LogP contribution in [0.25, 0.3) is 0 Å². The summed E-state index contributed by atoms with van der Waals surface area (Å²) in [4.78, 5) is 0. The Morgan fingerprint density at radius 1 is 1.06 bits per heavy atom. The lowest BCUT2D eigenvalue weighted by Gasteiger charge is -2.56. The van der Waals surface area contributed by atoms with Crippen LogP contribution in [0.5, 0.6) is 0 Å². The van der Waals surface area contributed by atoms with Gasteiger partial charge in [-0.1, -0.05) is 46.5 Å². The molecule has 0 aromatic heterocycles. The molecule has 2 saturated carbocycles. The molecule has 0 aliphatic heterocycles. The Kier molecular flexibility index (Phi) is 4.08. The van der Waals surface area contributed by atoms with Gasteiger partial charge < -0.3 is 10.8 Å². The summed E-state index contributed by atoms with van der Waals surface area (Å²) >= 11 is 0. The molecular weight excluding hydrogens is 222 g/mol. The zero-order valence-electron chi connectivity index (χ0n) is 12.4. The molecule has 0 bridgehead atoms. The molecule has 0 radical (unpaired) electrons. The normalized spacial score (nSPS) is 50.2. The van der Waals surface area contributed by atoms with E-state index >= 15 is 0 Å². The van der Waals surface area contributed by atoms with Gasteiger partial charge in [-0.25, -0.2) is 0 Å². The fraction of sp³-hybridized carbons (Fsp3) is 1.00. The third-order valence-electron chi connectivity index (χ3n) is 6.36. The molecule has 2 fully saturated rings. The summed E-state index contributed by atoms with van der Waals surface area (Å²) in [7, 11) is 0. The quantitative estimate of drug-likeness (QED) is 0.793. The smallest absolute Gasteiger partial charge is 0.0743 e. The highest BCUT2D eigenvalue weighted by Crippen LogP contribution is 2.54. The Bertz CT molecular complexity index is 283. The van der Waals surface area contributed by atoms with Crippen LogP contribution in [0.15, 0.2) is 0 Å². The summed E-state index contributed by atoms with van der Waals surface area (Å²) in [6, 6.07) is 0. The first-order valence-electron chi connectivity index (χ1n) is 7.87. The lowest BCUT2D eigenvalue weighted by Crippen LogP contribution is -2.60. The molecule has 2 aliphatic carbocycles. The largest absolute Gasteiger partial charge is 0.389 e. The highest BCUT2D eigenvalue weighted by atomic mass is 16.3. The third-order valence-corrected chi connectivity index (χ3v) is 6.36. The zero-order valence-corrected chi connectivity index (χ0v) is 12.4. The van der Waals surface area contributed by atoms with Gasteiger partial charge in [0.25, 0.3) is 0 Å². The van der Waals surface area contributed by atoms with Crippen LogP contribution in [-0.2, 0) is 0 Å². The van der Waals surface area contributed by atoms with E-state index in [0.29, 0.717) is 18.4 Å². The van der Waals surface area contributed by atoms with Crippen molar-refractivity contribution in [1.29, 1.82) is 0 Å². The van der Waals surface area contributed by atoms with E-state index in [1.807, 2.05) is 0 Å². The predicted molar refractivity (Wildman–Crippen MR) is 76.2 cm³/mol. The van der Waals surface area contributed by atoms with E-state index < -0.39 is 5.60 Å². The van der Waals surface area contributed by atoms with E-state index in [2.05, 4.69) is 20.8 Å². The molecule has 2 nitrogen and oxygen atoms in total. The minimum atomic E-state index is -0.514. The number of nitrogens with two attached hydrogens (primary N) is 1. The molecule has 0 heterocycles. The van der Waals surface area contributed by atoms with Crippen molar-refractivity contribution < 1.29 is 5.11 Å². The van der Waals surface area contributed by atoms with Crippen LogP contribution < -0.4 is 5.73 Å². The van der Waals surface area contributed by atoms with Crippen LogP contribution in [0.2, 0.25) is 0 Å². The van der Waals surface area contributed by atoms with Crippen molar-refractivity contribution in [3.8, 4) is 0 Å². The Morgan fingerprint density at radius 2 is 1.67 bits per heavy atom. The summed E-state index contributed by atoms with van der Waals surface area (Å²) in [5.41, 5.74) is 5.63. The Labute approximate surface area is 112 Å². The SMILES string of the molecule is CC1CCC(CN)(C2(O)CCCC(C)C2C)CC1. The molecule has 18 heavy (non-hydrogen) atoms. The monoisotopic (exact) mass is 253 g/mol. The maximum Gasteiger partial charge on any atom is 0.0743 e. The van der Waals surface area contributed by atoms with Gasteiger partial charge in [-0.05, 0) is 37.0 Å². The van der Waals surface area contributed by atoms with Crippen LogP contribution in [0, 0.1) is 23.2 Å². The summed E-state index contributed by atoms with van der Waals surface area (Å²) < 4.78 is 0. The number of hydrogen-bond acceptors (Lipinski definition) is 2. The molecule has 3 N–H and O–H groups in total. The van der Waals surface area contributed by atoms with Crippen molar-refractivity contribution in [2.24, 2.45) is 28.9 Å². The second-order valence-corrected chi connectivity index (χ2v) is 7.25. The van der Waals surface area contributed by atoms with Crippen LogP contribution in [-0.4, -0.2) is 17.3 Å². The van der Waals surface area contributed by atoms with E-state index in [-0.39, 0.29) is 5.41 Å². The van der Waals surface area contributed by atoms with Crippen LogP contribution in [0.1, 0.15) is 65.7 Å². The van der Waals surface area contributed by atoms with Crippen molar-refractivity contribution in [3.63, 3.8) is 0 Å². The van der Waals surface area contributed by atoms with Crippen molar-refractivity contribution in [1.82, 2.24) is 0 Å². The van der Waals surface area contributed by atoms with Gasteiger partial charge in [-0.2, -0.15) is 0 Å². The first-order valence-corrected chi connectivity index (χ1v) is 7.87.